The van der Waals surface area contributed by atoms with Crippen molar-refractivity contribution in [2.45, 2.75) is 64.1 Å². The van der Waals surface area contributed by atoms with Crippen molar-refractivity contribution < 1.29 is 9.59 Å². The first-order valence-corrected chi connectivity index (χ1v) is 11.5. The maximum Gasteiger partial charge on any atom is 0.242 e. The number of carbonyl (C=O) groups is 2. The first kappa shape index (κ1) is 24.3. The number of nitrogens with one attached hydrogen (secondary N) is 1. The number of thioether (sulfide) groups is 1. The summed E-state index contributed by atoms with van der Waals surface area (Å²) in [7, 11) is 0. The lowest BCUT2D eigenvalue weighted by molar-refractivity contribution is -0.140. The zero-order valence-corrected chi connectivity index (χ0v) is 19.9. The van der Waals surface area contributed by atoms with Crippen LogP contribution in [-0.4, -0.2) is 34.0 Å². The number of halogens is 1. The van der Waals surface area contributed by atoms with E-state index in [9.17, 15) is 9.59 Å². The number of hydrogen-bond acceptors (Lipinski definition) is 3. The van der Waals surface area contributed by atoms with E-state index in [1.165, 1.54) is 0 Å². The fraction of sp³-hybridized carbons (Fsp3) is 0.417. The van der Waals surface area contributed by atoms with E-state index >= 15 is 0 Å². The summed E-state index contributed by atoms with van der Waals surface area (Å²) in [6, 6.07) is 15.0. The molecule has 0 heterocycles. The molecule has 0 fully saturated rings. The number of carbonyl (C=O) groups excluding carboxylic acids is 2. The number of benzene rings is 2. The lowest BCUT2D eigenvalue weighted by Crippen LogP contribution is -2.52. The standard InChI is InChI=1S/C24H31ClN2O2S/c1-17-8-6-7-9-19(17)16-27(18(2)23(29)26-24(3,4)5)22(28)14-15-30-21-12-10-20(25)11-13-21/h6-13,18H,14-16H2,1-5H3,(H,26,29). The van der Waals surface area contributed by atoms with Crippen molar-refractivity contribution in [2.24, 2.45) is 0 Å². The highest BCUT2D eigenvalue weighted by molar-refractivity contribution is 7.99. The highest BCUT2D eigenvalue weighted by Crippen LogP contribution is 2.22. The molecule has 0 aliphatic heterocycles. The topological polar surface area (TPSA) is 49.4 Å². The van der Waals surface area contributed by atoms with Gasteiger partial charge < -0.3 is 10.2 Å². The first-order valence-electron chi connectivity index (χ1n) is 10.1. The molecule has 2 aromatic carbocycles. The SMILES string of the molecule is Cc1ccccc1CN(C(=O)CCSc1ccc(Cl)cc1)C(C)C(=O)NC(C)(C)C. The highest BCUT2D eigenvalue weighted by atomic mass is 35.5. The molecule has 0 bridgehead atoms. The van der Waals surface area contributed by atoms with Crippen LogP contribution in [0.3, 0.4) is 0 Å². The van der Waals surface area contributed by atoms with Crippen LogP contribution in [0.5, 0.6) is 0 Å². The fourth-order valence-electron chi connectivity index (χ4n) is 2.96. The molecule has 1 unspecified atom stereocenters. The summed E-state index contributed by atoms with van der Waals surface area (Å²) in [5.74, 6) is 0.462. The van der Waals surface area contributed by atoms with Crippen molar-refractivity contribution in [3.63, 3.8) is 0 Å². The van der Waals surface area contributed by atoms with E-state index in [1.54, 1.807) is 23.6 Å². The van der Waals surface area contributed by atoms with Gasteiger partial charge in [-0.3, -0.25) is 9.59 Å². The summed E-state index contributed by atoms with van der Waals surface area (Å²) >= 11 is 7.54. The number of rotatable bonds is 8. The summed E-state index contributed by atoms with van der Waals surface area (Å²) in [6.45, 7) is 10.0. The van der Waals surface area contributed by atoms with Gasteiger partial charge in [-0.25, -0.2) is 0 Å². The summed E-state index contributed by atoms with van der Waals surface area (Å²) in [6.07, 6.45) is 0.353. The molecule has 2 rings (SSSR count). The van der Waals surface area contributed by atoms with E-state index in [-0.39, 0.29) is 17.4 Å². The predicted octanol–water partition coefficient (Wildman–Crippen LogP) is 5.46. The molecule has 2 aromatic rings. The Balaban J connectivity index is 2.10. The van der Waals surface area contributed by atoms with Gasteiger partial charge in [0.05, 0.1) is 0 Å². The Kier molecular flexibility index (Phi) is 8.80. The predicted molar refractivity (Wildman–Crippen MR) is 126 cm³/mol. The molecule has 30 heavy (non-hydrogen) atoms. The van der Waals surface area contributed by atoms with Crippen molar-refractivity contribution in [3.05, 3.63) is 64.7 Å². The van der Waals surface area contributed by atoms with Gasteiger partial charge in [0.2, 0.25) is 11.8 Å². The molecule has 0 aliphatic rings. The van der Waals surface area contributed by atoms with Crippen molar-refractivity contribution in [1.82, 2.24) is 10.2 Å². The lowest BCUT2D eigenvalue weighted by Gasteiger charge is -2.32. The normalized spacial score (nSPS) is 12.3. The molecule has 0 spiro atoms. The van der Waals surface area contributed by atoms with Gasteiger partial charge in [0.15, 0.2) is 0 Å². The van der Waals surface area contributed by atoms with Crippen LogP contribution in [-0.2, 0) is 16.1 Å². The van der Waals surface area contributed by atoms with E-state index < -0.39 is 6.04 Å². The van der Waals surface area contributed by atoms with Crippen LogP contribution in [0.1, 0.15) is 45.2 Å². The molecule has 6 heteroatoms. The number of nitrogens with zero attached hydrogens (tertiary/aromatic N) is 1. The molecule has 0 aliphatic carbocycles. The van der Waals surface area contributed by atoms with Crippen molar-refractivity contribution >= 4 is 35.2 Å². The number of aryl methyl sites for hydroxylation is 1. The molecule has 2 amide bonds. The maximum absolute atomic E-state index is 13.1. The van der Waals surface area contributed by atoms with E-state index in [1.807, 2.05) is 76.2 Å². The van der Waals surface area contributed by atoms with E-state index in [0.717, 1.165) is 16.0 Å². The van der Waals surface area contributed by atoms with Crippen molar-refractivity contribution in [3.8, 4) is 0 Å². The quantitative estimate of drug-likeness (QED) is 0.547. The van der Waals surface area contributed by atoms with Crippen LogP contribution in [0.25, 0.3) is 0 Å². The molecular formula is C24H31ClN2O2S. The van der Waals surface area contributed by atoms with Gasteiger partial charge in [-0.1, -0.05) is 35.9 Å². The third-order valence-corrected chi connectivity index (χ3v) is 5.93. The van der Waals surface area contributed by atoms with Gasteiger partial charge >= 0.3 is 0 Å². The molecule has 0 aromatic heterocycles. The van der Waals surface area contributed by atoms with Gasteiger partial charge in [-0.15, -0.1) is 11.8 Å². The second-order valence-electron chi connectivity index (χ2n) is 8.42. The van der Waals surface area contributed by atoms with Crippen molar-refractivity contribution in [2.75, 3.05) is 5.75 Å². The molecule has 0 saturated heterocycles. The summed E-state index contributed by atoms with van der Waals surface area (Å²) in [5.41, 5.74) is 1.80. The lowest BCUT2D eigenvalue weighted by atomic mass is 10.1. The van der Waals surface area contributed by atoms with Crippen LogP contribution in [0.15, 0.2) is 53.4 Å². The van der Waals surface area contributed by atoms with Gasteiger partial charge in [0.25, 0.3) is 0 Å². The molecule has 0 saturated carbocycles. The molecule has 1 N–H and O–H groups in total. The average molecular weight is 447 g/mol. The number of hydrogen-bond donors (Lipinski definition) is 1. The molecule has 0 radical (unpaired) electrons. The van der Waals surface area contributed by atoms with Crippen molar-refractivity contribution in [1.29, 1.82) is 0 Å². The monoisotopic (exact) mass is 446 g/mol. The molecule has 4 nitrogen and oxygen atoms in total. The Labute approximate surface area is 189 Å². The minimum atomic E-state index is -0.558. The van der Waals surface area contributed by atoms with E-state index in [0.29, 0.717) is 23.7 Å². The van der Waals surface area contributed by atoms with Crippen LogP contribution in [0.2, 0.25) is 5.02 Å². The van der Waals surface area contributed by atoms with E-state index in [4.69, 9.17) is 11.6 Å². The largest absolute Gasteiger partial charge is 0.350 e. The second kappa shape index (κ2) is 10.9. The van der Waals surface area contributed by atoms with Gasteiger partial charge in [-0.05, 0) is 70.0 Å². The number of amides is 2. The average Bonchev–Trinajstić information content (AvgIpc) is 2.67. The summed E-state index contributed by atoms with van der Waals surface area (Å²) in [4.78, 5) is 28.7. The van der Waals surface area contributed by atoms with Crippen LogP contribution in [0, 0.1) is 6.92 Å². The minimum absolute atomic E-state index is 0.0312. The van der Waals surface area contributed by atoms with Crippen LogP contribution in [0.4, 0.5) is 0 Å². The molecule has 162 valence electrons. The zero-order valence-electron chi connectivity index (χ0n) is 18.4. The third-order valence-electron chi connectivity index (χ3n) is 4.67. The Morgan fingerprint density at radius 2 is 1.73 bits per heavy atom. The first-order chi connectivity index (χ1) is 14.1. The minimum Gasteiger partial charge on any atom is -0.350 e. The van der Waals surface area contributed by atoms with Crippen LogP contribution >= 0.6 is 23.4 Å². The van der Waals surface area contributed by atoms with Crippen LogP contribution < -0.4 is 5.32 Å². The Morgan fingerprint density at radius 3 is 2.33 bits per heavy atom. The Morgan fingerprint density at radius 1 is 1.10 bits per heavy atom. The smallest absolute Gasteiger partial charge is 0.242 e. The molecule has 1 atom stereocenters. The molecular weight excluding hydrogens is 416 g/mol. The fourth-order valence-corrected chi connectivity index (χ4v) is 3.93. The summed E-state index contributed by atoms with van der Waals surface area (Å²) in [5, 5.41) is 3.68. The second-order valence-corrected chi connectivity index (χ2v) is 10.0. The van der Waals surface area contributed by atoms with Gasteiger partial charge in [0, 0.05) is 34.2 Å². The Bertz CT molecular complexity index is 862. The third kappa shape index (κ3) is 7.69. The van der Waals surface area contributed by atoms with Gasteiger partial charge in [0.1, 0.15) is 6.04 Å². The van der Waals surface area contributed by atoms with Gasteiger partial charge in [-0.2, -0.15) is 0 Å². The summed E-state index contributed by atoms with van der Waals surface area (Å²) < 4.78 is 0. The maximum atomic E-state index is 13.1. The van der Waals surface area contributed by atoms with E-state index in [2.05, 4.69) is 5.32 Å². The highest BCUT2D eigenvalue weighted by Gasteiger charge is 2.28. The zero-order chi connectivity index (χ0) is 22.3. The Hall–Kier alpha value is -1.98.